The van der Waals surface area contributed by atoms with E-state index in [1.807, 2.05) is 36.4 Å². The molecule has 1 aliphatic rings. The third kappa shape index (κ3) is 3.31. The molecule has 1 aliphatic carbocycles. The van der Waals surface area contributed by atoms with Crippen LogP contribution in [0.4, 0.5) is 4.39 Å². The number of hydrogen-bond donors (Lipinski definition) is 2. The number of hydrogen-bond acceptors (Lipinski definition) is 4. The quantitative estimate of drug-likeness (QED) is 0.815. The number of carbonyl (C=O) groups excluding carboxylic acids is 1. The number of amides is 1. The van der Waals surface area contributed by atoms with Gasteiger partial charge < -0.3 is 10.4 Å². The molecule has 3 atom stereocenters. The Labute approximate surface area is 142 Å². The zero-order chi connectivity index (χ0) is 17.1. The molecule has 0 saturated carbocycles. The van der Waals surface area contributed by atoms with Gasteiger partial charge in [-0.3, -0.25) is 4.79 Å². The molecule has 3 unspecified atom stereocenters. The molecule has 3 rings (SSSR count). The summed E-state index contributed by atoms with van der Waals surface area (Å²) >= 11 is 1.54. The molecule has 0 saturated heterocycles. The molecule has 24 heavy (non-hydrogen) atoms. The Kier molecular flexibility index (Phi) is 4.89. The Morgan fingerprint density at radius 3 is 2.79 bits per heavy atom. The number of halogens is 1. The minimum Gasteiger partial charge on any atom is -0.480 e. The number of rotatable bonds is 5. The SMILES string of the molecule is O=C(O)C(CF)NC(=O)C1CC=CCC1c1nc2ccccc2s1. The molecule has 126 valence electrons. The highest BCUT2D eigenvalue weighted by atomic mass is 32.1. The highest BCUT2D eigenvalue weighted by Crippen LogP contribution is 2.38. The van der Waals surface area contributed by atoms with Gasteiger partial charge in [-0.25, -0.2) is 14.2 Å². The van der Waals surface area contributed by atoms with Crippen LogP contribution >= 0.6 is 11.3 Å². The average Bonchev–Trinajstić information content (AvgIpc) is 3.03. The number of carboxylic acids is 1. The highest BCUT2D eigenvalue weighted by Gasteiger charge is 2.34. The number of aromatic nitrogens is 1. The normalized spacial score (nSPS) is 21.5. The van der Waals surface area contributed by atoms with Crippen LogP contribution in [0.5, 0.6) is 0 Å². The maximum Gasteiger partial charge on any atom is 0.328 e. The number of allylic oxidation sites excluding steroid dienone is 2. The van der Waals surface area contributed by atoms with Crippen molar-refractivity contribution >= 4 is 33.4 Å². The van der Waals surface area contributed by atoms with Gasteiger partial charge in [0.15, 0.2) is 6.04 Å². The van der Waals surface area contributed by atoms with Crippen molar-refractivity contribution in [2.45, 2.75) is 24.8 Å². The van der Waals surface area contributed by atoms with Crippen molar-refractivity contribution in [2.24, 2.45) is 5.92 Å². The topological polar surface area (TPSA) is 79.3 Å². The van der Waals surface area contributed by atoms with E-state index in [0.29, 0.717) is 12.8 Å². The third-order valence-electron chi connectivity index (χ3n) is 4.17. The molecule has 2 N–H and O–H groups in total. The minimum atomic E-state index is -1.50. The lowest BCUT2D eigenvalue weighted by Crippen LogP contribution is -2.46. The number of fused-ring (bicyclic) bond motifs is 1. The number of para-hydroxylation sites is 1. The summed E-state index contributed by atoms with van der Waals surface area (Å²) < 4.78 is 13.8. The Hall–Kier alpha value is -2.28. The van der Waals surface area contributed by atoms with Crippen LogP contribution in [0.25, 0.3) is 10.2 Å². The van der Waals surface area contributed by atoms with E-state index in [9.17, 15) is 14.0 Å². The molecule has 0 bridgehead atoms. The fourth-order valence-corrected chi connectivity index (χ4v) is 4.02. The van der Waals surface area contributed by atoms with Crippen molar-refractivity contribution in [3.8, 4) is 0 Å². The van der Waals surface area contributed by atoms with Crippen molar-refractivity contribution in [2.75, 3.05) is 6.67 Å². The smallest absolute Gasteiger partial charge is 0.328 e. The molecular formula is C17H17FN2O3S. The number of carboxylic acid groups (broad SMARTS) is 1. The Morgan fingerprint density at radius 1 is 1.33 bits per heavy atom. The molecule has 2 aromatic rings. The number of nitrogens with zero attached hydrogens (tertiary/aromatic N) is 1. The van der Waals surface area contributed by atoms with Gasteiger partial charge in [-0.15, -0.1) is 11.3 Å². The van der Waals surface area contributed by atoms with Crippen molar-refractivity contribution < 1.29 is 19.1 Å². The molecule has 0 radical (unpaired) electrons. The number of alkyl halides is 1. The predicted molar refractivity (Wildman–Crippen MR) is 89.8 cm³/mol. The average molecular weight is 348 g/mol. The minimum absolute atomic E-state index is 0.124. The Morgan fingerprint density at radius 2 is 2.08 bits per heavy atom. The van der Waals surface area contributed by atoms with Gasteiger partial charge in [0.25, 0.3) is 0 Å². The summed E-state index contributed by atoms with van der Waals surface area (Å²) in [6.45, 7) is -1.13. The van der Waals surface area contributed by atoms with Crippen molar-refractivity contribution in [1.29, 1.82) is 0 Å². The van der Waals surface area contributed by atoms with Gasteiger partial charge in [-0.05, 0) is 25.0 Å². The molecular weight excluding hydrogens is 331 g/mol. The summed E-state index contributed by atoms with van der Waals surface area (Å²) in [5, 5.41) is 12.1. The van der Waals surface area contributed by atoms with Crippen molar-refractivity contribution in [3.05, 3.63) is 41.4 Å². The van der Waals surface area contributed by atoms with E-state index >= 15 is 0 Å². The van der Waals surface area contributed by atoms with Crippen LogP contribution in [-0.4, -0.2) is 34.7 Å². The second-order valence-corrected chi connectivity index (χ2v) is 6.79. The highest BCUT2D eigenvalue weighted by molar-refractivity contribution is 7.18. The first kappa shape index (κ1) is 16.6. The van der Waals surface area contributed by atoms with E-state index in [1.165, 1.54) is 0 Å². The number of benzene rings is 1. The first-order valence-electron chi connectivity index (χ1n) is 7.69. The molecule has 0 spiro atoms. The standard InChI is InChI=1S/C17H17FN2O3S/c18-9-13(17(22)23)19-15(21)10-5-1-2-6-11(10)16-20-12-7-3-4-8-14(12)24-16/h1-4,7-8,10-11,13H,5-6,9H2,(H,19,21)(H,22,23). The molecule has 7 heteroatoms. The fourth-order valence-electron chi connectivity index (χ4n) is 2.87. The monoisotopic (exact) mass is 348 g/mol. The maximum atomic E-state index is 12.8. The molecule has 1 amide bonds. The lowest BCUT2D eigenvalue weighted by molar-refractivity contribution is -0.143. The van der Waals surface area contributed by atoms with E-state index in [1.54, 1.807) is 11.3 Å². The van der Waals surface area contributed by atoms with Crippen LogP contribution in [0.15, 0.2) is 36.4 Å². The zero-order valence-corrected chi connectivity index (χ0v) is 13.6. The van der Waals surface area contributed by atoms with Crippen LogP contribution in [-0.2, 0) is 9.59 Å². The summed E-state index contributed by atoms with van der Waals surface area (Å²) in [6.07, 6.45) is 5.06. The first-order valence-corrected chi connectivity index (χ1v) is 8.51. The summed E-state index contributed by atoms with van der Waals surface area (Å²) in [5.41, 5.74) is 0.887. The van der Waals surface area contributed by atoms with Crippen LogP contribution in [0.1, 0.15) is 23.8 Å². The van der Waals surface area contributed by atoms with Gasteiger partial charge in [-0.1, -0.05) is 24.3 Å². The van der Waals surface area contributed by atoms with E-state index < -0.39 is 30.5 Å². The van der Waals surface area contributed by atoms with E-state index in [0.717, 1.165) is 15.2 Å². The largest absolute Gasteiger partial charge is 0.480 e. The van der Waals surface area contributed by atoms with Gasteiger partial charge in [0, 0.05) is 5.92 Å². The van der Waals surface area contributed by atoms with Gasteiger partial charge in [-0.2, -0.15) is 0 Å². The third-order valence-corrected chi connectivity index (χ3v) is 5.33. The Bertz CT molecular complexity index is 756. The molecule has 1 aromatic heterocycles. The van der Waals surface area contributed by atoms with Gasteiger partial charge >= 0.3 is 5.97 Å². The van der Waals surface area contributed by atoms with Crippen molar-refractivity contribution in [3.63, 3.8) is 0 Å². The first-order chi connectivity index (χ1) is 11.6. The fraction of sp³-hybridized carbons (Fsp3) is 0.353. The van der Waals surface area contributed by atoms with E-state index in [-0.39, 0.29) is 5.92 Å². The van der Waals surface area contributed by atoms with Crippen molar-refractivity contribution in [1.82, 2.24) is 10.3 Å². The van der Waals surface area contributed by atoms with Gasteiger partial charge in [0.2, 0.25) is 5.91 Å². The molecule has 0 aliphatic heterocycles. The summed E-state index contributed by atoms with van der Waals surface area (Å²) in [7, 11) is 0. The van der Waals surface area contributed by atoms with E-state index in [2.05, 4.69) is 10.3 Å². The van der Waals surface area contributed by atoms with Crippen LogP contribution in [0, 0.1) is 5.92 Å². The predicted octanol–water partition coefficient (Wildman–Crippen LogP) is 2.89. The van der Waals surface area contributed by atoms with Crippen LogP contribution in [0.2, 0.25) is 0 Å². The number of carbonyl (C=O) groups is 2. The molecule has 1 aromatic carbocycles. The summed E-state index contributed by atoms with van der Waals surface area (Å²) in [4.78, 5) is 28.0. The second kappa shape index (κ2) is 7.09. The number of nitrogens with one attached hydrogen (secondary N) is 1. The lowest BCUT2D eigenvalue weighted by atomic mass is 9.82. The molecule has 0 fully saturated rings. The zero-order valence-electron chi connectivity index (χ0n) is 12.8. The molecule has 5 nitrogen and oxygen atoms in total. The van der Waals surface area contributed by atoms with E-state index in [4.69, 9.17) is 5.11 Å². The Balaban J connectivity index is 1.84. The van der Waals surface area contributed by atoms with Crippen LogP contribution in [0.3, 0.4) is 0 Å². The lowest BCUT2D eigenvalue weighted by Gasteiger charge is -2.27. The number of aliphatic carboxylic acids is 1. The van der Waals surface area contributed by atoms with Crippen LogP contribution < -0.4 is 5.32 Å². The number of thiazole rings is 1. The summed E-state index contributed by atoms with van der Waals surface area (Å²) in [5.74, 6) is -2.37. The second-order valence-electron chi connectivity index (χ2n) is 5.73. The maximum absolute atomic E-state index is 12.8. The van der Waals surface area contributed by atoms with Gasteiger partial charge in [0.05, 0.1) is 21.1 Å². The summed E-state index contributed by atoms with van der Waals surface area (Å²) in [6, 6.07) is 6.25. The molecule has 1 heterocycles. The van der Waals surface area contributed by atoms with Gasteiger partial charge in [0.1, 0.15) is 6.67 Å².